The zero-order valence-corrected chi connectivity index (χ0v) is 9.96. The monoisotopic (exact) mass is 243 g/mol. The van der Waals surface area contributed by atoms with Crippen LogP contribution in [0.5, 0.6) is 0 Å². The Bertz CT molecular complexity index is 398. The van der Waals surface area contributed by atoms with Crippen molar-refractivity contribution in [2.24, 2.45) is 0 Å². The molecule has 0 amide bonds. The van der Waals surface area contributed by atoms with Crippen LogP contribution in [0.4, 0.5) is 13.2 Å². The Hall–Kier alpha value is -1.03. The maximum absolute atomic E-state index is 13.2. The molecule has 1 unspecified atom stereocenters. The Morgan fingerprint density at radius 3 is 2.47 bits per heavy atom. The summed E-state index contributed by atoms with van der Waals surface area (Å²) in [6.07, 6.45) is -3.51. The zero-order chi connectivity index (χ0) is 12.6. The van der Waals surface area contributed by atoms with Gasteiger partial charge in [0.15, 0.2) is 0 Å². The van der Waals surface area contributed by atoms with Crippen molar-refractivity contribution in [3.8, 4) is 0 Å². The quantitative estimate of drug-likeness (QED) is 0.729. The number of nitrogens with zero attached hydrogens (tertiary/aromatic N) is 1. The lowest BCUT2D eigenvalue weighted by atomic mass is 9.91. The first-order valence-corrected chi connectivity index (χ1v) is 5.81. The molecule has 0 radical (unpaired) electrons. The summed E-state index contributed by atoms with van der Waals surface area (Å²) in [6, 6.07) is 5.33. The van der Waals surface area contributed by atoms with Crippen LogP contribution in [0.1, 0.15) is 31.0 Å². The van der Waals surface area contributed by atoms with E-state index in [1.165, 1.54) is 4.90 Å². The first-order valence-electron chi connectivity index (χ1n) is 5.81. The third-order valence-electron chi connectivity index (χ3n) is 3.29. The number of hydrogen-bond acceptors (Lipinski definition) is 1. The van der Waals surface area contributed by atoms with Crippen LogP contribution in [0.15, 0.2) is 24.3 Å². The molecule has 2 rings (SSSR count). The van der Waals surface area contributed by atoms with Crippen molar-refractivity contribution in [3.63, 3.8) is 0 Å². The van der Waals surface area contributed by atoms with E-state index in [4.69, 9.17) is 0 Å². The first kappa shape index (κ1) is 12.4. The van der Waals surface area contributed by atoms with E-state index in [1.807, 2.05) is 13.8 Å². The lowest BCUT2D eigenvalue weighted by Gasteiger charge is -2.40. The normalized spacial score (nSPS) is 21.6. The number of fused-ring (bicyclic) bond motifs is 1. The van der Waals surface area contributed by atoms with E-state index in [1.54, 1.807) is 24.3 Å². The van der Waals surface area contributed by atoms with E-state index in [2.05, 4.69) is 0 Å². The maximum atomic E-state index is 13.2. The second-order valence-electron chi connectivity index (χ2n) is 4.72. The van der Waals surface area contributed by atoms with Crippen LogP contribution in [0, 0.1) is 0 Å². The fourth-order valence-corrected chi connectivity index (χ4v) is 2.51. The summed E-state index contributed by atoms with van der Waals surface area (Å²) >= 11 is 0. The lowest BCUT2D eigenvalue weighted by molar-refractivity contribution is -0.193. The molecule has 1 heterocycles. The van der Waals surface area contributed by atoms with E-state index in [0.29, 0.717) is 18.5 Å². The fourth-order valence-electron chi connectivity index (χ4n) is 2.51. The van der Waals surface area contributed by atoms with Crippen molar-refractivity contribution in [2.45, 2.75) is 38.5 Å². The molecular formula is C13H16F3N. The van der Waals surface area contributed by atoms with Gasteiger partial charge in [0.1, 0.15) is 6.04 Å². The molecule has 0 aromatic heterocycles. The van der Waals surface area contributed by atoms with Gasteiger partial charge in [0.2, 0.25) is 0 Å². The molecule has 1 aromatic carbocycles. The first-order chi connectivity index (χ1) is 7.91. The molecule has 1 aromatic rings. The van der Waals surface area contributed by atoms with Gasteiger partial charge < -0.3 is 0 Å². The second-order valence-corrected chi connectivity index (χ2v) is 4.72. The van der Waals surface area contributed by atoms with Gasteiger partial charge in [0.25, 0.3) is 0 Å². The van der Waals surface area contributed by atoms with Crippen LogP contribution in [0.3, 0.4) is 0 Å². The Labute approximate surface area is 99.2 Å². The summed E-state index contributed by atoms with van der Waals surface area (Å²) in [5.74, 6) is 0. The van der Waals surface area contributed by atoms with Crippen LogP contribution < -0.4 is 0 Å². The summed E-state index contributed by atoms with van der Waals surface area (Å²) < 4.78 is 39.6. The van der Waals surface area contributed by atoms with E-state index in [-0.39, 0.29) is 6.04 Å². The highest BCUT2D eigenvalue weighted by atomic mass is 19.4. The van der Waals surface area contributed by atoms with Gasteiger partial charge >= 0.3 is 6.18 Å². The number of benzene rings is 1. The highest BCUT2D eigenvalue weighted by molar-refractivity contribution is 5.33. The molecule has 1 nitrogen and oxygen atoms in total. The predicted octanol–water partition coefficient (Wildman–Crippen LogP) is 3.56. The predicted molar refractivity (Wildman–Crippen MR) is 60.8 cm³/mol. The molecule has 0 fully saturated rings. The van der Waals surface area contributed by atoms with Gasteiger partial charge in [-0.3, -0.25) is 4.90 Å². The van der Waals surface area contributed by atoms with E-state index in [9.17, 15) is 13.2 Å². The van der Waals surface area contributed by atoms with Crippen molar-refractivity contribution in [2.75, 3.05) is 6.54 Å². The third kappa shape index (κ3) is 2.32. The standard InChI is InChI=1S/C13H16F3N/c1-9(2)17-8-7-10-5-3-4-6-11(10)12(17)13(14,15)16/h3-6,9,12H,7-8H2,1-2H3. The minimum absolute atomic E-state index is 0.102. The molecule has 4 heteroatoms. The highest BCUT2D eigenvalue weighted by Gasteiger charge is 2.47. The fraction of sp³-hybridized carbons (Fsp3) is 0.538. The average molecular weight is 243 g/mol. The van der Waals surface area contributed by atoms with Crippen molar-refractivity contribution >= 4 is 0 Å². The highest BCUT2D eigenvalue weighted by Crippen LogP contribution is 2.42. The van der Waals surface area contributed by atoms with Crippen LogP contribution >= 0.6 is 0 Å². The smallest absolute Gasteiger partial charge is 0.286 e. The van der Waals surface area contributed by atoms with Crippen molar-refractivity contribution in [3.05, 3.63) is 35.4 Å². The van der Waals surface area contributed by atoms with Crippen molar-refractivity contribution in [1.82, 2.24) is 4.90 Å². The molecule has 1 aliphatic heterocycles. The molecule has 17 heavy (non-hydrogen) atoms. The van der Waals surface area contributed by atoms with Crippen LogP contribution in [0.25, 0.3) is 0 Å². The van der Waals surface area contributed by atoms with Gasteiger partial charge in [0.05, 0.1) is 0 Å². The molecule has 1 aliphatic rings. The SMILES string of the molecule is CC(C)N1CCc2ccccc2C1C(F)(F)F. The third-order valence-corrected chi connectivity index (χ3v) is 3.29. The largest absolute Gasteiger partial charge is 0.408 e. The van der Waals surface area contributed by atoms with E-state index >= 15 is 0 Å². The minimum atomic E-state index is -4.21. The average Bonchev–Trinajstić information content (AvgIpc) is 2.26. The molecule has 0 N–H and O–H groups in total. The summed E-state index contributed by atoms with van der Waals surface area (Å²) in [5, 5.41) is 0. The molecule has 1 atom stereocenters. The molecule has 0 saturated heterocycles. The molecular weight excluding hydrogens is 227 g/mol. The van der Waals surface area contributed by atoms with Gasteiger partial charge in [-0.25, -0.2) is 0 Å². The number of hydrogen-bond donors (Lipinski definition) is 0. The lowest BCUT2D eigenvalue weighted by Crippen LogP contribution is -2.46. The van der Waals surface area contributed by atoms with Gasteiger partial charge in [0, 0.05) is 12.6 Å². The number of halogens is 3. The van der Waals surface area contributed by atoms with Gasteiger partial charge in [-0.1, -0.05) is 24.3 Å². The van der Waals surface area contributed by atoms with Gasteiger partial charge in [-0.2, -0.15) is 13.2 Å². The summed E-state index contributed by atoms with van der Waals surface area (Å²) in [5.41, 5.74) is 1.24. The Morgan fingerprint density at radius 2 is 1.88 bits per heavy atom. The van der Waals surface area contributed by atoms with Crippen molar-refractivity contribution < 1.29 is 13.2 Å². The van der Waals surface area contributed by atoms with E-state index < -0.39 is 12.2 Å². The van der Waals surface area contributed by atoms with Gasteiger partial charge in [-0.05, 0) is 31.4 Å². The Balaban J connectivity index is 2.46. The van der Waals surface area contributed by atoms with Crippen LogP contribution in [-0.4, -0.2) is 23.7 Å². The molecule has 0 saturated carbocycles. The summed E-state index contributed by atoms with van der Waals surface area (Å²) in [6.45, 7) is 4.10. The number of rotatable bonds is 1. The van der Waals surface area contributed by atoms with Gasteiger partial charge in [-0.15, -0.1) is 0 Å². The number of alkyl halides is 3. The zero-order valence-electron chi connectivity index (χ0n) is 9.96. The molecule has 0 spiro atoms. The summed E-state index contributed by atoms with van der Waals surface area (Å²) in [4.78, 5) is 1.53. The van der Waals surface area contributed by atoms with Crippen LogP contribution in [-0.2, 0) is 6.42 Å². The molecule has 0 bridgehead atoms. The minimum Gasteiger partial charge on any atom is -0.286 e. The topological polar surface area (TPSA) is 3.24 Å². The van der Waals surface area contributed by atoms with Crippen molar-refractivity contribution in [1.29, 1.82) is 0 Å². The Morgan fingerprint density at radius 1 is 1.24 bits per heavy atom. The van der Waals surface area contributed by atoms with Crippen LogP contribution in [0.2, 0.25) is 0 Å². The maximum Gasteiger partial charge on any atom is 0.408 e. The molecule has 94 valence electrons. The van der Waals surface area contributed by atoms with E-state index in [0.717, 1.165) is 5.56 Å². The Kier molecular flexibility index (Phi) is 3.17. The summed E-state index contributed by atoms with van der Waals surface area (Å²) in [7, 11) is 0. The molecule has 0 aliphatic carbocycles. The second kappa shape index (κ2) is 4.33.